The van der Waals surface area contributed by atoms with Gasteiger partial charge in [0.2, 0.25) is 0 Å². The zero-order chi connectivity index (χ0) is 12.4. The third-order valence-electron chi connectivity index (χ3n) is 3.24. The summed E-state index contributed by atoms with van der Waals surface area (Å²) in [5.41, 5.74) is 1.25. The molecule has 1 unspecified atom stereocenters. The maximum absolute atomic E-state index is 4.38. The fraction of sp³-hybridized carbons (Fsp3) is 0.308. The van der Waals surface area contributed by atoms with Crippen LogP contribution in [0.25, 0.3) is 0 Å². The maximum Gasteiger partial charge on any atom is 0.146 e. The van der Waals surface area contributed by atoms with E-state index >= 15 is 0 Å². The summed E-state index contributed by atoms with van der Waals surface area (Å²) < 4.78 is 0.945. The first-order valence-corrected chi connectivity index (χ1v) is 6.77. The van der Waals surface area contributed by atoms with E-state index in [1.54, 1.807) is 12.5 Å². The lowest BCUT2D eigenvalue weighted by molar-refractivity contribution is 0.705. The molecule has 0 spiro atoms. The standard InChI is InChI=1S/C13H13BrN4/c14-11-8-16-9-17-13(11)18-6-2-4-12(18)10-3-1-5-15-7-10/h1,3,5,7-9,12H,2,4,6H2. The molecule has 0 bridgehead atoms. The Balaban J connectivity index is 1.95. The minimum Gasteiger partial charge on any atom is -0.348 e. The first-order chi connectivity index (χ1) is 8.86. The average Bonchev–Trinajstić information content (AvgIpc) is 2.89. The van der Waals surface area contributed by atoms with Crippen LogP contribution in [0.15, 0.2) is 41.5 Å². The lowest BCUT2D eigenvalue weighted by Crippen LogP contribution is -2.24. The van der Waals surface area contributed by atoms with Gasteiger partial charge < -0.3 is 4.90 Å². The number of hydrogen-bond acceptors (Lipinski definition) is 4. The van der Waals surface area contributed by atoms with Gasteiger partial charge in [0.25, 0.3) is 0 Å². The van der Waals surface area contributed by atoms with Gasteiger partial charge >= 0.3 is 0 Å². The second kappa shape index (κ2) is 5.02. The summed E-state index contributed by atoms with van der Waals surface area (Å²) in [7, 11) is 0. The van der Waals surface area contributed by atoms with Crippen LogP contribution in [0.5, 0.6) is 0 Å². The van der Waals surface area contributed by atoms with Crippen molar-refractivity contribution in [2.75, 3.05) is 11.4 Å². The van der Waals surface area contributed by atoms with Crippen molar-refractivity contribution in [2.45, 2.75) is 18.9 Å². The number of aromatic nitrogens is 3. The topological polar surface area (TPSA) is 41.9 Å². The highest BCUT2D eigenvalue weighted by Gasteiger charge is 2.28. The van der Waals surface area contributed by atoms with E-state index in [9.17, 15) is 0 Å². The molecule has 1 aliphatic rings. The summed E-state index contributed by atoms with van der Waals surface area (Å²) in [6.45, 7) is 1.02. The summed E-state index contributed by atoms with van der Waals surface area (Å²) in [4.78, 5) is 14.9. The van der Waals surface area contributed by atoms with Crippen LogP contribution < -0.4 is 4.90 Å². The molecule has 3 rings (SSSR count). The van der Waals surface area contributed by atoms with Crippen molar-refractivity contribution in [3.63, 3.8) is 0 Å². The quantitative estimate of drug-likeness (QED) is 0.855. The van der Waals surface area contributed by atoms with Crippen molar-refractivity contribution in [2.24, 2.45) is 0 Å². The number of halogens is 1. The second-order valence-corrected chi connectivity index (χ2v) is 5.19. The maximum atomic E-state index is 4.38. The molecule has 92 valence electrons. The van der Waals surface area contributed by atoms with Gasteiger partial charge in [-0.25, -0.2) is 9.97 Å². The van der Waals surface area contributed by atoms with Crippen LogP contribution in [0.4, 0.5) is 5.82 Å². The molecule has 0 radical (unpaired) electrons. The van der Waals surface area contributed by atoms with Crippen molar-refractivity contribution in [3.8, 4) is 0 Å². The fourth-order valence-electron chi connectivity index (χ4n) is 2.46. The van der Waals surface area contributed by atoms with Crippen LogP contribution in [0.1, 0.15) is 24.4 Å². The van der Waals surface area contributed by atoms with Crippen LogP contribution in [-0.2, 0) is 0 Å². The molecular formula is C13H13BrN4. The van der Waals surface area contributed by atoms with Crippen molar-refractivity contribution in [1.82, 2.24) is 15.0 Å². The van der Waals surface area contributed by atoms with Crippen LogP contribution in [0.2, 0.25) is 0 Å². The molecule has 1 aliphatic heterocycles. The Hall–Kier alpha value is -1.49. The van der Waals surface area contributed by atoms with Crippen molar-refractivity contribution in [3.05, 3.63) is 47.1 Å². The lowest BCUT2D eigenvalue weighted by Gasteiger charge is -2.26. The third-order valence-corrected chi connectivity index (χ3v) is 3.80. The summed E-state index contributed by atoms with van der Waals surface area (Å²) in [5, 5.41) is 0. The second-order valence-electron chi connectivity index (χ2n) is 4.33. The Labute approximate surface area is 114 Å². The monoisotopic (exact) mass is 304 g/mol. The van der Waals surface area contributed by atoms with E-state index < -0.39 is 0 Å². The number of rotatable bonds is 2. The summed E-state index contributed by atoms with van der Waals surface area (Å²) in [5.74, 6) is 0.969. The van der Waals surface area contributed by atoms with Gasteiger partial charge in [-0.2, -0.15) is 0 Å². The molecule has 2 aromatic rings. The van der Waals surface area contributed by atoms with Gasteiger partial charge in [-0.1, -0.05) is 6.07 Å². The Morgan fingerprint density at radius 2 is 2.22 bits per heavy atom. The molecule has 1 atom stereocenters. The normalized spacial score (nSPS) is 19.2. The summed E-state index contributed by atoms with van der Waals surface area (Å²) in [6, 6.07) is 4.48. The molecular weight excluding hydrogens is 292 g/mol. The molecule has 4 nitrogen and oxygen atoms in total. The van der Waals surface area contributed by atoms with E-state index in [4.69, 9.17) is 0 Å². The SMILES string of the molecule is Brc1cncnc1N1CCCC1c1cccnc1. The minimum absolute atomic E-state index is 0.366. The minimum atomic E-state index is 0.366. The molecule has 3 heterocycles. The lowest BCUT2D eigenvalue weighted by atomic mass is 10.1. The molecule has 0 N–H and O–H groups in total. The van der Waals surface area contributed by atoms with Crippen molar-refractivity contribution < 1.29 is 0 Å². The van der Waals surface area contributed by atoms with E-state index in [1.165, 1.54) is 12.0 Å². The highest BCUT2D eigenvalue weighted by Crippen LogP contribution is 2.37. The average molecular weight is 305 g/mol. The van der Waals surface area contributed by atoms with E-state index in [2.05, 4.69) is 41.8 Å². The van der Waals surface area contributed by atoms with E-state index in [1.807, 2.05) is 18.5 Å². The van der Waals surface area contributed by atoms with Gasteiger partial charge in [-0.3, -0.25) is 4.98 Å². The first kappa shape index (κ1) is 11.6. The molecule has 5 heteroatoms. The number of hydrogen-bond donors (Lipinski definition) is 0. The predicted octanol–water partition coefficient (Wildman–Crippen LogP) is 2.98. The van der Waals surface area contributed by atoms with E-state index in [0.717, 1.165) is 23.3 Å². The first-order valence-electron chi connectivity index (χ1n) is 5.98. The van der Waals surface area contributed by atoms with Crippen LogP contribution in [-0.4, -0.2) is 21.5 Å². The Kier molecular flexibility index (Phi) is 3.23. The smallest absolute Gasteiger partial charge is 0.146 e. The molecule has 18 heavy (non-hydrogen) atoms. The van der Waals surface area contributed by atoms with Gasteiger partial charge in [-0.05, 0) is 40.4 Å². The number of nitrogens with zero attached hydrogens (tertiary/aromatic N) is 4. The highest BCUT2D eigenvalue weighted by molar-refractivity contribution is 9.10. The van der Waals surface area contributed by atoms with Gasteiger partial charge in [0, 0.05) is 25.1 Å². The van der Waals surface area contributed by atoms with Gasteiger partial charge in [0.15, 0.2) is 0 Å². The van der Waals surface area contributed by atoms with Gasteiger partial charge in [0.05, 0.1) is 10.5 Å². The molecule has 1 fully saturated rings. The zero-order valence-corrected chi connectivity index (χ0v) is 11.4. The Morgan fingerprint density at radius 3 is 3.00 bits per heavy atom. The molecule has 0 amide bonds. The highest BCUT2D eigenvalue weighted by atomic mass is 79.9. The molecule has 0 aliphatic carbocycles. The molecule has 0 saturated carbocycles. The van der Waals surface area contributed by atoms with Crippen LogP contribution in [0.3, 0.4) is 0 Å². The third kappa shape index (κ3) is 2.10. The fourth-order valence-corrected chi connectivity index (χ4v) is 2.91. The zero-order valence-electron chi connectivity index (χ0n) is 9.83. The summed E-state index contributed by atoms with van der Waals surface area (Å²) >= 11 is 3.52. The molecule has 2 aromatic heterocycles. The van der Waals surface area contributed by atoms with Gasteiger partial charge in [0.1, 0.15) is 12.1 Å². The van der Waals surface area contributed by atoms with E-state index in [-0.39, 0.29) is 0 Å². The van der Waals surface area contributed by atoms with Crippen molar-refractivity contribution >= 4 is 21.7 Å². The molecule has 1 saturated heterocycles. The summed E-state index contributed by atoms with van der Waals surface area (Å²) in [6.07, 6.45) is 9.46. The Morgan fingerprint density at radius 1 is 1.28 bits per heavy atom. The van der Waals surface area contributed by atoms with Crippen LogP contribution in [0, 0.1) is 0 Å². The van der Waals surface area contributed by atoms with Gasteiger partial charge in [-0.15, -0.1) is 0 Å². The predicted molar refractivity (Wildman–Crippen MR) is 73.3 cm³/mol. The largest absolute Gasteiger partial charge is 0.348 e. The molecule has 0 aromatic carbocycles. The Bertz CT molecular complexity index is 532. The van der Waals surface area contributed by atoms with Crippen molar-refractivity contribution in [1.29, 1.82) is 0 Å². The van der Waals surface area contributed by atoms with Crippen LogP contribution >= 0.6 is 15.9 Å². The number of pyridine rings is 1. The van der Waals surface area contributed by atoms with E-state index in [0.29, 0.717) is 6.04 Å². The number of anilines is 1.